The number of hydrogen-bond acceptors (Lipinski definition) is 3. The van der Waals surface area contributed by atoms with Gasteiger partial charge < -0.3 is 14.9 Å². The zero-order chi connectivity index (χ0) is 8.10. The van der Waals surface area contributed by atoms with E-state index in [9.17, 15) is 0 Å². The molecule has 0 bridgehead atoms. The molecule has 0 amide bonds. The van der Waals surface area contributed by atoms with E-state index in [0.29, 0.717) is 6.54 Å². The molecular weight excluding hydrogens is 220 g/mol. The third-order valence-electron chi connectivity index (χ3n) is 1.60. The van der Waals surface area contributed by atoms with E-state index >= 15 is 0 Å². The first kappa shape index (κ1) is 11.5. The largest absolute Gasteiger partial charge is 0.395 e. The maximum absolute atomic E-state index is 8.63. The highest BCUT2D eigenvalue weighted by Crippen LogP contribution is 2.04. The summed E-state index contributed by atoms with van der Waals surface area (Å²) in [4.78, 5) is 4.19. The summed E-state index contributed by atoms with van der Waals surface area (Å²) >= 11 is 0. The van der Waals surface area contributed by atoms with Gasteiger partial charge in [0.05, 0.1) is 13.3 Å². The number of hydrogen-bond donors (Lipinski definition) is 1. The summed E-state index contributed by atoms with van der Waals surface area (Å²) in [6.45, 7) is 6.32. The molecule has 1 aliphatic heterocycles. The molecule has 1 rings (SSSR count). The average molecular weight is 235 g/mol. The Hall–Kier alpha value is -0.480. The van der Waals surface area contributed by atoms with E-state index in [4.69, 9.17) is 5.11 Å². The lowest BCUT2D eigenvalue weighted by Gasteiger charge is -2.18. The Labute approximate surface area is 83.7 Å². The fourth-order valence-corrected chi connectivity index (χ4v) is 1.07. The fourth-order valence-electron chi connectivity index (χ4n) is 1.07. The molecule has 0 saturated heterocycles. The third kappa shape index (κ3) is 3.28. The van der Waals surface area contributed by atoms with Gasteiger partial charge in [0.15, 0.2) is 0 Å². The molecule has 0 spiro atoms. The van der Waals surface area contributed by atoms with Crippen molar-refractivity contribution in [3.8, 4) is 0 Å². The Bertz CT molecular complexity index is 161. The summed E-state index contributed by atoms with van der Waals surface area (Å²) in [5.41, 5.74) is 0. The van der Waals surface area contributed by atoms with Crippen LogP contribution in [0.1, 0.15) is 0 Å². The summed E-state index contributed by atoms with van der Waals surface area (Å²) in [5.74, 6) is 0. The smallest absolute Gasteiger partial charge is 0.0897 e. The van der Waals surface area contributed by atoms with Crippen molar-refractivity contribution in [3.63, 3.8) is 0 Å². The van der Waals surface area contributed by atoms with Crippen molar-refractivity contribution in [2.45, 2.75) is 0 Å². The van der Waals surface area contributed by atoms with Crippen LogP contribution in [-0.4, -0.2) is 41.3 Å². The molecule has 12 heavy (non-hydrogen) atoms. The molecule has 0 aliphatic carbocycles. The number of nitrogens with zero attached hydrogens (tertiary/aromatic N) is 2. The molecule has 0 saturated carbocycles. The quantitative estimate of drug-likeness (QED) is 0.730. The molecule has 0 aromatic carbocycles. The standard InChI is InChI=1S/C8H14N2O.BrH/c1-2-3-9-4-5-10(8-9)6-7-11;/h2,4-5,11H,1,3,6-8H2;1H. The van der Waals surface area contributed by atoms with Gasteiger partial charge >= 0.3 is 0 Å². The highest BCUT2D eigenvalue weighted by Gasteiger charge is 2.08. The van der Waals surface area contributed by atoms with Gasteiger partial charge in [-0.15, -0.1) is 23.6 Å². The van der Waals surface area contributed by atoms with Crippen LogP contribution in [0.4, 0.5) is 0 Å². The second kappa shape index (κ2) is 6.08. The Balaban J connectivity index is 0.00000121. The molecule has 1 heterocycles. The van der Waals surface area contributed by atoms with Crippen LogP contribution in [0.15, 0.2) is 25.1 Å². The number of aliphatic hydroxyl groups is 1. The van der Waals surface area contributed by atoms with Gasteiger partial charge in [-0.25, -0.2) is 0 Å². The topological polar surface area (TPSA) is 26.7 Å². The Morgan fingerprint density at radius 2 is 2.08 bits per heavy atom. The zero-order valence-electron chi connectivity index (χ0n) is 7.02. The summed E-state index contributed by atoms with van der Waals surface area (Å²) in [6.07, 6.45) is 5.86. The van der Waals surface area contributed by atoms with Gasteiger partial charge in [-0.1, -0.05) is 6.08 Å². The van der Waals surface area contributed by atoms with Gasteiger partial charge in [0, 0.05) is 25.5 Å². The maximum Gasteiger partial charge on any atom is 0.0897 e. The summed E-state index contributed by atoms with van der Waals surface area (Å²) in [5, 5.41) is 8.63. The Morgan fingerprint density at radius 1 is 1.42 bits per heavy atom. The molecule has 0 atom stereocenters. The molecule has 3 nitrogen and oxygen atoms in total. The van der Waals surface area contributed by atoms with Crippen molar-refractivity contribution < 1.29 is 5.11 Å². The van der Waals surface area contributed by atoms with Gasteiger partial charge in [0.25, 0.3) is 0 Å². The first-order chi connectivity index (χ1) is 5.36. The van der Waals surface area contributed by atoms with Crippen LogP contribution in [-0.2, 0) is 0 Å². The Morgan fingerprint density at radius 3 is 2.67 bits per heavy atom. The van der Waals surface area contributed by atoms with Crippen molar-refractivity contribution in [2.75, 3.05) is 26.4 Å². The van der Waals surface area contributed by atoms with Crippen molar-refractivity contribution >= 4 is 17.0 Å². The van der Waals surface area contributed by atoms with Gasteiger partial charge in [-0.2, -0.15) is 0 Å². The van der Waals surface area contributed by atoms with Gasteiger partial charge in [-0.3, -0.25) is 0 Å². The molecule has 0 aromatic heterocycles. The van der Waals surface area contributed by atoms with E-state index in [-0.39, 0.29) is 23.6 Å². The lowest BCUT2D eigenvalue weighted by molar-refractivity contribution is 0.211. The maximum atomic E-state index is 8.63. The first-order valence-corrected chi connectivity index (χ1v) is 3.75. The third-order valence-corrected chi connectivity index (χ3v) is 1.60. The predicted molar refractivity (Wildman–Crippen MR) is 55.0 cm³/mol. The minimum absolute atomic E-state index is 0. The molecule has 0 fully saturated rings. The van der Waals surface area contributed by atoms with Crippen molar-refractivity contribution in [2.24, 2.45) is 0 Å². The van der Waals surface area contributed by atoms with E-state index in [1.807, 2.05) is 18.5 Å². The van der Waals surface area contributed by atoms with Crippen LogP contribution in [0.3, 0.4) is 0 Å². The van der Waals surface area contributed by atoms with Crippen LogP contribution in [0.2, 0.25) is 0 Å². The minimum Gasteiger partial charge on any atom is -0.395 e. The van der Waals surface area contributed by atoms with Crippen molar-refractivity contribution in [1.82, 2.24) is 9.80 Å². The average Bonchev–Trinajstić information content (AvgIpc) is 2.38. The van der Waals surface area contributed by atoms with Crippen LogP contribution < -0.4 is 0 Å². The van der Waals surface area contributed by atoms with Gasteiger partial charge in [0.1, 0.15) is 0 Å². The molecule has 0 radical (unpaired) electrons. The lowest BCUT2D eigenvalue weighted by Crippen LogP contribution is -2.27. The monoisotopic (exact) mass is 234 g/mol. The van der Waals surface area contributed by atoms with E-state index < -0.39 is 0 Å². The molecule has 1 aliphatic rings. The van der Waals surface area contributed by atoms with Crippen LogP contribution in [0.5, 0.6) is 0 Å². The minimum atomic E-state index is 0. The van der Waals surface area contributed by atoms with Crippen molar-refractivity contribution in [1.29, 1.82) is 0 Å². The summed E-state index contributed by atoms with van der Waals surface area (Å²) in [7, 11) is 0. The molecular formula is C8H15BrN2O. The summed E-state index contributed by atoms with van der Waals surface area (Å²) in [6, 6.07) is 0. The highest BCUT2D eigenvalue weighted by molar-refractivity contribution is 8.93. The van der Waals surface area contributed by atoms with E-state index in [1.165, 1.54) is 0 Å². The van der Waals surface area contributed by atoms with Crippen LogP contribution in [0.25, 0.3) is 0 Å². The van der Waals surface area contributed by atoms with E-state index in [1.54, 1.807) is 0 Å². The van der Waals surface area contributed by atoms with Crippen LogP contribution in [0, 0.1) is 0 Å². The first-order valence-electron chi connectivity index (χ1n) is 3.75. The van der Waals surface area contributed by atoms with Crippen LogP contribution >= 0.6 is 17.0 Å². The van der Waals surface area contributed by atoms with E-state index in [0.717, 1.165) is 13.2 Å². The van der Waals surface area contributed by atoms with E-state index in [2.05, 4.69) is 16.4 Å². The second-order valence-corrected chi connectivity index (χ2v) is 2.54. The Kier molecular flexibility index (Phi) is 5.84. The molecule has 0 aromatic rings. The molecule has 70 valence electrons. The normalized spacial score (nSPS) is 14.8. The molecule has 4 heteroatoms. The zero-order valence-corrected chi connectivity index (χ0v) is 8.73. The van der Waals surface area contributed by atoms with Crippen molar-refractivity contribution in [3.05, 3.63) is 25.1 Å². The van der Waals surface area contributed by atoms with Gasteiger partial charge in [-0.05, 0) is 0 Å². The SMILES string of the molecule is Br.C=CCN1C=CN(CCO)C1. The summed E-state index contributed by atoms with van der Waals surface area (Å²) < 4.78 is 0. The molecule has 1 N–H and O–H groups in total. The number of β-amino-alcohol motifs (C(OH)–C–C–N with tert-alkyl or cyclic N) is 1. The predicted octanol–water partition coefficient (Wildman–Crippen LogP) is 0.789. The lowest BCUT2D eigenvalue weighted by atomic mass is 10.5. The molecule has 0 unspecified atom stereocenters. The number of rotatable bonds is 4. The van der Waals surface area contributed by atoms with Gasteiger partial charge in [0.2, 0.25) is 0 Å². The second-order valence-electron chi connectivity index (χ2n) is 2.54. The fraction of sp³-hybridized carbons (Fsp3) is 0.500. The highest BCUT2D eigenvalue weighted by atomic mass is 79.9. The number of halogens is 1. The number of aliphatic hydroxyl groups excluding tert-OH is 1.